The van der Waals surface area contributed by atoms with E-state index in [0.717, 1.165) is 22.3 Å². The molecular weight excluding hydrogens is 452 g/mol. The summed E-state index contributed by atoms with van der Waals surface area (Å²) in [6, 6.07) is 8.51. The van der Waals surface area contributed by atoms with Gasteiger partial charge in [0, 0.05) is 11.1 Å². The number of phenols is 1. The number of benzene rings is 2. The third-order valence-electron chi connectivity index (χ3n) is 5.82. The van der Waals surface area contributed by atoms with Crippen molar-refractivity contribution in [2.24, 2.45) is 0 Å². The fourth-order valence-electron chi connectivity index (χ4n) is 4.10. The highest BCUT2D eigenvalue weighted by molar-refractivity contribution is 5.70. The summed E-state index contributed by atoms with van der Waals surface area (Å²) in [6.07, 6.45) is 0.399. The SMILES string of the molecule is CC(C)OCc1cc(-c2cc(COC(C)C)c(C(C)C)c(COC(C)C)c2)cc(COC(C)C)c1O. The molecule has 0 aliphatic rings. The second-order valence-electron chi connectivity index (χ2n) is 10.9. The van der Waals surface area contributed by atoms with Crippen molar-refractivity contribution in [2.45, 2.75) is 126 Å². The van der Waals surface area contributed by atoms with E-state index < -0.39 is 0 Å². The molecule has 5 nitrogen and oxygen atoms in total. The molecule has 0 aliphatic carbocycles. The fourth-order valence-corrected chi connectivity index (χ4v) is 4.10. The summed E-state index contributed by atoms with van der Waals surface area (Å²) in [5.41, 5.74) is 7.24. The van der Waals surface area contributed by atoms with E-state index in [1.165, 1.54) is 16.7 Å². The molecule has 0 radical (unpaired) electrons. The molecule has 2 rings (SSSR count). The molecular formula is C31H48O5. The van der Waals surface area contributed by atoms with E-state index in [9.17, 15) is 5.11 Å². The van der Waals surface area contributed by atoms with Crippen LogP contribution in [0.2, 0.25) is 0 Å². The van der Waals surface area contributed by atoms with Crippen molar-refractivity contribution in [3.63, 3.8) is 0 Å². The molecule has 2 aromatic rings. The molecule has 0 unspecified atom stereocenters. The van der Waals surface area contributed by atoms with E-state index in [0.29, 0.717) is 32.3 Å². The number of ether oxygens (including phenoxy) is 4. The van der Waals surface area contributed by atoms with Crippen LogP contribution in [-0.4, -0.2) is 29.5 Å². The van der Waals surface area contributed by atoms with Crippen molar-refractivity contribution < 1.29 is 24.1 Å². The Bertz CT molecular complexity index is 893. The largest absolute Gasteiger partial charge is 0.507 e. The summed E-state index contributed by atoms with van der Waals surface area (Å²) in [6.45, 7) is 22.4. The van der Waals surface area contributed by atoms with Crippen molar-refractivity contribution in [1.29, 1.82) is 0 Å². The second-order valence-corrected chi connectivity index (χ2v) is 10.9. The standard InChI is InChI=1S/C31H48O5/c1-19(2)30-26(15-33-20(3)4)11-24(12-27(30)16-34-21(5)6)25-13-28(17-35-22(7)8)31(32)29(14-25)18-36-23(9)10/h11-14,19-23,32H,15-18H2,1-10H3. The Morgan fingerprint density at radius 3 is 1.06 bits per heavy atom. The second kappa shape index (κ2) is 14.1. The highest BCUT2D eigenvalue weighted by Gasteiger charge is 2.19. The Hall–Kier alpha value is -1.92. The van der Waals surface area contributed by atoms with Gasteiger partial charge in [-0.05, 0) is 113 Å². The van der Waals surface area contributed by atoms with Gasteiger partial charge >= 0.3 is 0 Å². The molecule has 1 N–H and O–H groups in total. The van der Waals surface area contributed by atoms with E-state index in [1.807, 2.05) is 39.8 Å². The van der Waals surface area contributed by atoms with E-state index in [-0.39, 0.29) is 30.2 Å². The van der Waals surface area contributed by atoms with E-state index in [2.05, 4.69) is 53.7 Å². The van der Waals surface area contributed by atoms with E-state index in [4.69, 9.17) is 18.9 Å². The van der Waals surface area contributed by atoms with Crippen LogP contribution in [-0.2, 0) is 45.4 Å². The zero-order valence-electron chi connectivity index (χ0n) is 24.1. The fraction of sp³-hybridized carbons (Fsp3) is 0.613. The highest BCUT2D eigenvalue weighted by Crippen LogP contribution is 2.36. The molecule has 0 saturated heterocycles. The van der Waals surface area contributed by atoms with Crippen LogP contribution in [0.25, 0.3) is 11.1 Å². The van der Waals surface area contributed by atoms with Gasteiger partial charge < -0.3 is 24.1 Å². The lowest BCUT2D eigenvalue weighted by Crippen LogP contribution is -2.11. The average molecular weight is 501 g/mol. The molecule has 2 aromatic carbocycles. The Balaban J connectivity index is 2.68. The van der Waals surface area contributed by atoms with Gasteiger partial charge in [0.15, 0.2) is 0 Å². The minimum Gasteiger partial charge on any atom is -0.507 e. The number of hydrogen-bond donors (Lipinski definition) is 1. The molecule has 5 heteroatoms. The maximum atomic E-state index is 11.0. The molecule has 0 aromatic heterocycles. The smallest absolute Gasteiger partial charge is 0.126 e. The maximum Gasteiger partial charge on any atom is 0.126 e. The molecule has 0 atom stereocenters. The molecule has 0 saturated carbocycles. The van der Waals surface area contributed by atoms with Crippen molar-refractivity contribution in [3.05, 3.63) is 52.1 Å². The van der Waals surface area contributed by atoms with Crippen LogP contribution < -0.4 is 0 Å². The highest BCUT2D eigenvalue weighted by atomic mass is 16.5. The topological polar surface area (TPSA) is 57.2 Å². The number of hydrogen-bond acceptors (Lipinski definition) is 5. The minimum atomic E-state index is 0.0633. The third kappa shape index (κ3) is 9.19. The quantitative estimate of drug-likeness (QED) is 0.286. The van der Waals surface area contributed by atoms with Gasteiger partial charge in [0.05, 0.1) is 50.8 Å². The van der Waals surface area contributed by atoms with Crippen molar-refractivity contribution in [1.82, 2.24) is 0 Å². The zero-order chi connectivity index (χ0) is 27.0. The molecule has 0 heterocycles. The van der Waals surface area contributed by atoms with Crippen molar-refractivity contribution >= 4 is 0 Å². The predicted octanol–water partition coefficient (Wildman–Crippen LogP) is 7.88. The van der Waals surface area contributed by atoms with Gasteiger partial charge in [-0.2, -0.15) is 0 Å². The van der Waals surface area contributed by atoms with Crippen LogP contribution in [0.15, 0.2) is 24.3 Å². The molecule has 0 amide bonds. The first-order chi connectivity index (χ1) is 16.9. The van der Waals surface area contributed by atoms with Gasteiger partial charge in [-0.15, -0.1) is 0 Å². The van der Waals surface area contributed by atoms with Crippen molar-refractivity contribution in [3.8, 4) is 16.9 Å². The predicted molar refractivity (Wildman–Crippen MR) is 147 cm³/mol. The molecule has 0 spiro atoms. The van der Waals surface area contributed by atoms with Gasteiger partial charge in [0.2, 0.25) is 0 Å². The number of aromatic hydroxyl groups is 1. The summed E-state index contributed by atoms with van der Waals surface area (Å²) in [5, 5.41) is 11.0. The Labute approximate surface area is 219 Å². The number of rotatable bonds is 14. The summed E-state index contributed by atoms with van der Waals surface area (Å²) in [5.74, 6) is 0.575. The Morgan fingerprint density at radius 1 is 0.500 bits per heavy atom. The maximum absolute atomic E-state index is 11.0. The lowest BCUT2D eigenvalue weighted by Gasteiger charge is -2.22. The van der Waals surface area contributed by atoms with Crippen LogP contribution in [0.4, 0.5) is 0 Å². The van der Waals surface area contributed by atoms with Gasteiger partial charge in [0.25, 0.3) is 0 Å². The first kappa shape index (κ1) is 30.3. The first-order valence-corrected chi connectivity index (χ1v) is 13.4. The first-order valence-electron chi connectivity index (χ1n) is 13.4. The minimum absolute atomic E-state index is 0.0633. The van der Waals surface area contributed by atoms with Crippen LogP contribution in [0, 0.1) is 0 Å². The van der Waals surface area contributed by atoms with Crippen LogP contribution >= 0.6 is 0 Å². The molecule has 202 valence electrons. The summed E-state index contributed by atoms with van der Waals surface area (Å²) in [7, 11) is 0. The summed E-state index contributed by atoms with van der Waals surface area (Å²) < 4.78 is 23.9. The van der Waals surface area contributed by atoms with Crippen LogP contribution in [0.5, 0.6) is 5.75 Å². The summed E-state index contributed by atoms with van der Waals surface area (Å²) in [4.78, 5) is 0. The lowest BCUT2D eigenvalue weighted by atomic mass is 9.88. The normalized spacial score (nSPS) is 12.2. The van der Waals surface area contributed by atoms with Gasteiger partial charge in [-0.1, -0.05) is 13.8 Å². The van der Waals surface area contributed by atoms with E-state index >= 15 is 0 Å². The van der Waals surface area contributed by atoms with Crippen LogP contribution in [0.3, 0.4) is 0 Å². The molecule has 36 heavy (non-hydrogen) atoms. The molecule has 0 fully saturated rings. The van der Waals surface area contributed by atoms with Crippen LogP contribution in [0.1, 0.15) is 103 Å². The monoisotopic (exact) mass is 500 g/mol. The Kier molecular flexibility index (Phi) is 11.9. The summed E-state index contributed by atoms with van der Waals surface area (Å²) >= 11 is 0. The molecule has 0 aliphatic heterocycles. The van der Waals surface area contributed by atoms with Gasteiger partial charge in [-0.25, -0.2) is 0 Å². The Morgan fingerprint density at radius 2 is 0.778 bits per heavy atom. The van der Waals surface area contributed by atoms with E-state index in [1.54, 1.807) is 0 Å². The lowest BCUT2D eigenvalue weighted by molar-refractivity contribution is 0.0600. The zero-order valence-corrected chi connectivity index (χ0v) is 24.1. The molecule has 0 bridgehead atoms. The average Bonchev–Trinajstić information content (AvgIpc) is 2.78. The van der Waals surface area contributed by atoms with Crippen molar-refractivity contribution in [2.75, 3.05) is 0 Å². The number of phenolic OH excluding ortho intramolecular Hbond substituents is 1. The van der Waals surface area contributed by atoms with Gasteiger partial charge in [-0.3, -0.25) is 0 Å². The third-order valence-corrected chi connectivity index (χ3v) is 5.82. The van der Waals surface area contributed by atoms with Gasteiger partial charge in [0.1, 0.15) is 5.75 Å².